The van der Waals surface area contributed by atoms with Crippen molar-refractivity contribution in [3.8, 4) is 17.2 Å². The first kappa shape index (κ1) is 17.0. The highest BCUT2D eigenvalue weighted by Gasteiger charge is 2.16. The van der Waals surface area contributed by atoms with E-state index in [0.717, 1.165) is 6.07 Å². The Kier molecular flexibility index (Phi) is 4.33. The molecule has 0 aliphatic heterocycles. The van der Waals surface area contributed by atoms with Crippen molar-refractivity contribution in [2.75, 3.05) is 0 Å². The molecule has 0 unspecified atom stereocenters. The van der Waals surface area contributed by atoms with Crippen molar-refractivity contribution in [1.29, 1.82) is 5.26 Å². The number of halogens is 2. The fourth-order valence-corrected chi connectivity index (χ4v) is 2.74. The summed E-state index contributed by atoms with van der Waals surface area (Å²) in [6.07, 6.45) is 0. The van der Waals surface area contributed by atoms with E-state index in [0.29, 0.717) is 22.4 Å². The summed E-state index contributed by atoms with van der Waals surface area (Å²) in [4.78, 5) is 15.5. The highest BCUT2D eigenvalue weighted by atomic mass is 19.1. The molecular formula is C19H12F2N4O. The molecule has 5 nitrogen and oxygen atoms in total. The van der Waals surface area contributed by atoms with Gasteiger partial charge in [0.1, 0.15) is 11.6 Å². The standard InChI is InChI=1S/C19H12F2N4O/c20-13-6-12(9-22)17(16(21)8-13)14-3-1-2-10-4-5-11(7-15(10)14)18(26)25-19(23)24/h1-8H,(H4,23,24,25,26). The van der Waals surface area contributed by atoms with Gasteiger partial charge in [0.25, 0.3) is 5.91 Å². The van der Waals surface area contributed by atoms with Crippen LogP contribution in [0.2, 0.25) is 0 Å². The van der Waals surface area contributed by atoms with Gasteiger partial charge in [-0.25, -0.2) is 8.78 Å². The third kappa shape index (κ3) is 3.08. The minimum atomic E-state index is -0.866. The molecule has 0 aromatic heterocycles. The largest absolute Gasteiger partial charge is 0.370 e. The number of nitriles is 1. The zero-order valence-electron chi connectivity index (χ0n) is 13.3. The normalized spacial score (nSPS) is 10.3. The number of nitrogens with zero attached hydrogens (tertiary/aromatic N) is 2. The Bertz CT molecular complexity index is 1110. The fourth-order valence-electron chi connectivity index (χ4n) is 2.74. The Morgan fingerprint density at radius 2 is 1.85 bits per heavy atom. The highest BCUT2D eigenvalue weighted by Crippen LogP contribution is 2.34. The van der Waals surface area contributed by atoms with E-state index in [4.69, 9.17) is 11.5 Å². The summed E-state index contributed by atoms with van der Waals surface area (Å²) in [5.41, 5.74) is 10.8. The predicted octanol–water partition coefficient (Wildman–Crippen LogP) is 3.07. The number of amides is 1. The summed E-state index contributed by atoms with van der Waals surface area (Å²) in [5, 5.41) is 10.5. The summed E-state index contributed by atoms with van der Waals surface area (Å²) in [6, 6.07) is 13.2. The van der Waals surface area contributed by atoms with Crippen LogP contribution < -0.4 is 11.5 Å². The molecule has 128 valence electrons. The summed E-state index contributed by atoms with van der Waals surface area (Å²) in [5.74, 6) is -2.73. The lowest BCUT2D eigenvalue weighted by Crippen LogP contribution is -2.24. The number of guanidine groups is 1. The Hall–Kier alpha value is -3.79. The lowest BCUT2D eigenvalue weighted by molar-refractivity contribution is 0.100. The SMILES string of the molecule is N#Cc1cc(F)cc(F)c1-c1cccc2ccc(C(=O)N=C(N)N)cc12. The molecular weight excluding hydrogens is 338 g/mol. The lowest BCUT2D eigenvalue weighted by atomic mass is 9.93. The fraction of sp³-hybridized carbons (Fsp3) is 0. The summed E-state index contributed by atoms with van der Waals surface area (Å²) in [7, 11) is 0. The number of benzene rings is 3. The van der Waals surface area contributed by atoms with E-state index in [2.05, 4.69) is 4.99 Å². The Morgan fingerprint density at radius 3 is 2.54 bits per heavy atom. The maximum absolute atomic E-state index is 14.4. The first-order valence-electron chi connectivity index (χ1n) is 7.47. The number of carbonyl (C=O) groups is 1. The molecule has 7 heteroatoms. The van der Waals surface area contributed by atoms with E-state index in [1.165, 1.54) is 12.1 Å². The Balaban J connectivity index is 2.30. The van der Waals surface area contributed by atoms with Gasteiger partial charge in [0.15, 0.2) is 5.96 Å². The van der Waals surface area contributed by atoms with Crippen molar-refractivity contribution in [2.45, 2.75) is 0 Å². The second-order valence-electron chi connectivity index (χ2n) is 5.51. The van der Waals surface area contributed by atoms with Crippen molar-refractivity contribution in [2.24, 2.45) is 16.5 Å². The zero-order valence-corrected chi connectivity index (χ0v) is 13.3. The minimum Gasteiger partial charge on any atom is -0.370 e. The summed E-state index contributed by atoms with van der Waals surface area (Å²) >= 11 is 0. The van der Waals surface area contributed by atoms with Gasteiger partial charge in [-0.2, -0.15) is 10.3 Å². The van der Waals surface area contributed by atoms with Crippen LogP contribution in [0.1, 0.15) is 15.9 Å². The molecule has 0 bridgehead atoms. The van der Waals surface area contributed by atoms with Crippen molar-refractivity contribution >= 4 is 22.6 Å². The number of fused-ring (bicyclic) bond motifs is 1. The zero-order chi connectivity index (χ0) is 18.8. The minimum absolute atomic E-state index is 0.0362. The topological polar surface area (TPSA) is 105 Å². The average Bonchev–Trinajstić information content (AvgIpc) is 2.59. The molecule has 0 saturated carbocycles. The molecule has 3 aromatic rings. The molecule has 0 fully saturated rings. The smallest absolute Gasteiger partial charge is 0.280 e. The van der Waals surface area contributed by atoms with Gasteiger partial charge in [0.2, 0.25) is 0 Å². The van der Waals surface area contributed by atoms with E-state index in [9.17, 15) is 18.8 Å². The van der Waals surface area contributed by atoms with Crippen molar-refractivity contribution in [3.63, 3.8) is 0 Å². The molecule has 0 spiro atoms. The average molecular weight is 350 g/mol. The monoisotopic (exact) mass is 350 g/mol. The van der Waals surface area contributed by atoms with Gasteiger partial charge in [-0.05, 0) is 34.5 Å². The first-order valence-corrected chi connectivity index (χ1v) is 7.47. The second kappa shape index (κ2) is 6.61. The molecule has 3 aromatic carbocycles. The van der Waals surface area contributed by atoms with Crippen LogP contribution in [0.5, 0.6) is 0 Å². The van der Waals surface area contributed by atoms with Gasteiger partial charge >= 0.3 is 0 Å². The van der Waals surface area contributed by atoms with Gasteiger partial charge in [0.05, 0.1) is 11.6 Å². The summed E-state index contributed by atoms with van der Waals surface area (Å²) < 4.78 is 27.9. The molecule has 0 saturated heterocycles. The van der Waals surface area contributed by atoms with Gasteiger partial charge in [0, 0.05) is 17.2 Å². The van der Waals surface area contributed by atoms with Gasteiger partial charge in [-0.3, -0.25) is 4.79 Å². The van der Waals surface area contributed by atoms with Gasteiger partial charge in [-0.1, -0.05) is 24.3 Å². The quantitative estimate of drug-likeness (QED) is 0.547. The van der Waals surface area contributed by atoms with Crippen LogP contribution in [0, 0.1) is 23.0 Å². The second-order valence-corrected chi connectivity index (χ2v) is 5.51. The molecule has 0 aliphatic rings. The van der Waals surface area contributed by atoms with Crippen LogP contribution in [-0.2, 0) is 0 Å². The van der Waals surface area contributed by atoms with Crippen molar-refractivity contribution in [1.82, 2.24) is 0 Å². The number of aliphatic imine (C=N–C) groups is 1. The Labute approximate surface area is 147 Å². The predicted molar refractivity (Wildman–Crippen MR) is 94.2 cm³/mol. The molecule has 26 heavy (non-hydrogen) atoms. The van der Waals surface area contributed by atoms with Crippen molar-refractivity contribution in [3.05, 3.63) is 71.3 Å². The van der Waals surface area contributed by atoms with Gasteiger partial charge < -0.3 is 11.5 Å². The van der Waals surface area contributed by atoms with E-state index in [1.807, 2.05) is 0 Å². The number of hydrogen-bond donors (Lipinski definition) is 2. The van der Waals surface area contributed by atoms with Crippen LogP contribution in [0.4, 0.5) is 8.78 Å². The highest BCUT2D eigenvalue weighted by molar-refractivity contribution is 6.06. The van der Waals surface area contributed by atoms with E-state index < -0.39 is 17.5 Å². The molecule has 4 N–H and O–H groups in total. The number of hydrogen-bond acceptors (Lipinski definition) is 2. The number of carbonyl (C=O) groups excluding carboxylic acids is 1. The molecule has 3 rings (SSSR count). The third-order valence-corrected chi connectivity index (χ3v) is 3.80. The van der Waals surface area contributed by atoms with E-state index in [1.54, 1.807) is 30.3 Å². The molecule has 1 amide bonds. The van der Waals surface area contributed by atoms with Crippen molar-refractivity contribution < 1.29 is 13.6 Å². The van der Waals surface area contributed by atoms with Crippen LogP contribution in [-0.4, -0.2) is 11.9 Å². The van der Waals surface area contributed by atoms with Gasteiger partial charge in [-0.15, -0.1) is 0 Å². The van der Waals surface area contributed by atoms with Crippen LogP contribution >= 0.6 is 0 Å². The van der Waals surface area contributed by atoms with Crippen LogP contribution in [0.15, 0.2) is 53.5 Å². The third-order valence-electron chi connectivity index (χ3n) is 3.80. The molecule has 0 atom stereocenters. The van der Waals surface area contributed by atoms with E-state index in [-0.39, 0.29) is 22.6 Å². The number of nitrogens with two attached hydrogens (primary N) is 2. The maximum Gasteiger partial charge on any atom is 0.280 e. The first-order chi connectivity index (χ1) is 12.4. The Morgan fingerprint density at radius 1 is 1.08 bits per heavy atom. The summed E-state index contributed by atoms with van der Waals surface area (Å²) in [6.45, 7) is 0. The van der Waals surface area contributed by atoms with E-state index >= 15 is 0 Å². The van der Waals surface area contributed by atoms with Crippen LogP contribution in [0.25, 0.3) is 21.9 Å². The molecule has 0 aliphatic carbocycles. The lowest BCUT2D eigenvalue weighted by Gasteiger charge is -2.11. The molecule has 0 radical (unpaired) electrons. The maximum atomic E-state index is 14.4. The molecule has 0 heterocycles. The van der Waals surface area contributed by atoms with Crippen LogP contribution in [0.3, 0.4) is 0 Å². The number of rotatable bonds is 2.